The first kappa shape index (κ1) is 22.1. The van der Waals surface area contributed by atoms with E-state index in [1.165, 1.54) is 0 Å². The highest BCUT2D eigenvalue weighted by atomic mass is 16.5. The molecule has 162 valence electrons. The van der Waals surface area contributed by atoms with Gasteiger partial charge in [0.2, 0.25) is 5.91 Å². The number of benzene rings is 2. The van der Waals surface area contributed by atoms with Crippen LogP contribution in [0.5, 0.6) is 5.75 Å². The van der Waals surface area contributed by atoms with Gasteiger partial charge in [0.1, 0.15) is 18.5 Å². The molecule has 0 saturated heterocycles. The van der Waals surface area contributed by atoms with E-state index in [0.29, 0.717) is 39.1 Å². The molecule has 1 amide bonds. The summed E-state index contributed by atoms with van der Waals surface area (Å²) in [7, 11) is 0. The lowest BCUT2D eigenvalue weighted by atomic mass is 10.1. The van der Waals surface area contributed by atoms with E-state index in [1.54, 1.807) is 4.90 Å². The number of rotatable bonds is 13. The molecule has 0 fully saturated rings. The van der Waals surface area contributed by atoms with Gasteiger partial charge >= 0.3 is 0 Å². The summed E-state index contributed by atoms with van der Waals surface area (Å²) in [5.41, 5.74) is 5.31. The summed E-state index contributed by atoms with van der Waals surface area (Å²) in [6.45, 7) is 4.51. The molecule has 0 aliphatic carbocycles. The van der Waals surface area contributed by atoms with Crippen molar-refractivity contribution in [2.45, 2.75) is 31.5 Å². The van der Waals surface area contributed by atoms with Crippen LogP contribution in [0, 0.1) is 0 Å². The Bertz CT molecular complexity index is 861. The largest absolute Gasteiger partial charge is 0.490 e. The van der Waals surface area contributed by atoms with Crippen LogP contribution < -0.4 is 15.8 Å². The van der Waals surface area contributed by atoms with E-state index in [4.69, 9.17) is 10.5 Å². The minimum Gasteiger partial charge on any atom is -0.490 e. The molecule has 2 aromatic rings. The van der Waals surface area contributed by atoms with E-state index < -0.39 is 6.10 Å². The topological polar surface area (TPSA) is 113 Å². The van der Waals surface area contributed by atoms with Gasteiger partial charge in [-0.05, 0) is 18.4 Å². The third kappa shape index (κ3) is 6.48. The van der Waals surface area contributed by atoms with E-state index in [2.05, 4.69) is 15.5 Å². The Morgan fingerprint density at radius 2 is 2.00 bits per heavy atom. The Kier molecular flexibility index (Phi) is 7.73. The van der Waals surface area contributed by atoms with Gasteiger partial charge in [0.15, 0.2) is 5.66 Å². The first-order chi connectivity index (χ1) is 14.5. The number of nitrogens with one attached hydrogen (secondary N) is 1. The molecule has 0 saturated carbocycles. The fourth-order valence-electron chi connectivity index (χ4n) is 3.24. The van der Waals surface area contributed by atoms with Crippen molar-refractivity contribution in [2.75, 3.05) is 39.3 Å². The maximum atomic E-state index is 12.4. The molecule has 8 heteroatoms. The van der Waals surface area contributed by atoms with Crippen molar-refractivity contribution in [3.8, 4) is 5.75 Å². The van der Waals surface area contributed by atoms with Gasteiger partial charge in [-0.15, -0.1) is 0 Å². The lowest BCUT2D eigenvalue weighted by Gasteiger charge is -2.23. The predicted octanol–water partition coefficient (Wildman–Crippen LogP) is 1.92. The van der Waals surface area contributed by atoms with Crippen LogP contribution >= 0.6 is 0 Å². The van der Waals surface area contributed by atoms with E-state index in [0.717, 1.165) is 22.9 Å². The molecule has 0 bridgehead atoms. The maximum Gasteiger partial charge on any atom is 0.223 e. The Labute approximate surface area is 177 Å². The molecular formula is C22H31N5O3. The fourth-order valence-corrected chi connectivity index (χ4v) is 3.24. The number of hydrogen-bond donors (Lipinski definition) is 3. The smallest absolute Gasteiger partial charge is 0.223 e. The number of fused-ring (bicyclic) bond motifs is 1. The number of carbonyl (C=O) groups excluding carboxylic acids is 1. The van der Waals surface area contributed by atoms with Crippen LogP contribution in [0.3, 0.4) is 0 Å². The van der Waals surface area contributed by atoms with Crippen molar-refractivity contribution in [3.05, 3.63) is 42.5 Å². The van der Waals surface area contributed by atoms with Crippen LogP contribution in [0.2, 0.25) is 0 Å². The first-order valence-electron chi connectivity index (χ1n) is 10.4. The second-order valence-electron chi connectivity index (χ2n) is 7.73. The Balaban J connectivity index is 1.35. The van der Waals surface area contributed by atoms with Gasteiger partial charge in [0.25, 0.3) is 0 Å². The van der Waals surface area contributed by atoms with Crippen molar-refractivity contribution in [1.29, 1.82) is 0 Å². The minimum absolute atomic E-state index is 0.0405. The molecule has 4 N–H and O–H groups in total. The normalized spacial score (nSPS) is 15.2. The van der Waals surface area contributed by atoms with Crippen molar-refractivity contribution >= 4 is 16.7 Å². The standard InChI is InChI=1S/C22H31N5O3/c1-22(25-26-22)10-13-27(14-11-23)21(29)9-12-24-15-18(28)16-30-20-8-4-6-17-5-2-3-7-19(17)20/h2-8,18,24,28H,9-16,23H2,1H3. The van der Waals surface area contributed by atoms with Crippen LogP contribution in [0.4, 0.5) is 0 Å². The van der Waals surface area contributed by atoms with Crippen LogP contribution in [0.25, 0.3) is 10.8 Å². The van der Waals surface area contributed by atoms with Crippen molar-refractivity contribution < 1.29 is 14.6 Å². The molecule has 30 heavy (non-hydrogen) atoms. The van der Waals surface area contributed by atoms with Gasteiger partial charge < -0.3 is 25.8 Å². The fraction of sp³-hybridized carbons (Fsp3) is 0.500. The van der Waals surface area contributed by atoms with E-state index in [1.807, 2.05) is 49.4 Å². The van der Waals surface area contributed by atoms with Gasteiger partial charge in [-0.1, -0.05) is 36.4 Å². The van der Waals surface area contributed by atoms with Crippen LogP contribution in [0.15, 0.2) is 52.7 Å². The monoisotopic (exact) mass is 413 g/mol. The highest BCUT2D eigenvalue weighted by Crippen LogP contribution is 2.30. The van der Waals surface area contributed by atoms with Crippen molar-refractivity contribution in [1.82, 2.24) is 10.2 Å². The zero-order chi connectivity index (χ0) is 21.4. The van der Waals surface area contributed by atoms with E-state index in [-0.39, 0.29) is 18.2 Å². The van der Waals surface area contributed by atoms with Gasteiger partial charge in [-0.2, -0.15) is 10.2 Å². The van der Waals surface area contributed by atoms with Gasteiger partial charge in [-0.3, -0.25) is 4.79 Å². The Hall–Kier alpha value is -2.55. The zero-order valence-corrected chi connectivity index (χ0v) is 17.5. The number of nitrogens with zero attached hydrogens (tertiary/aromatic N) is 3. The van der Waals surface area contributed by atoms with Gasteiger partial charge in [0.05, 0.1) is 0 Å². The number of hydrogen-bond acceptors (Lipinski definition) is 7. The number of nitrogens with two attached hydrogens (primary N) is 1. The summed E-state index contributed by atoms with van der Waals surface area (Å²) in [5, 5.41) is 23.4. The number of amides is 1. The Morgan fingerprint density at radius 1 is 1.23 bits per heavy atom. The maximum absolute atomic E-state index is 12.4. The second-order valence-corrected chi connectivity index (χ2v) is 7.73. The van der Waals surface area contributed by atoms with Crippen LogP contribution in [0.1, 0.15) is 19.8 Å². The predicted molar refractivity (Wildman–Crippen MR) is 116 cm³/mol. The number of aliphatic hydroxyl groups excluding tert-OH is 1. The molecular weight excluding hydrogens is 382 g/mol. The third-order valence-corrected chi connectivity index (χ3v) is 5.12. The quantitative estimate of drug-likeness (QED) is 0.434. The average Bonchev–Trinajstić information content (AvgIpc) is 3.49. The van der Waals surface area contributed by atoms with Crippen molar-refractivity contribution in [2.24, 2.45) is 16.0 Å². The van der Waals surface area contributed by atoms with Crippen LogP contribution in [-0.2, 0) is 4.79 Å². The minimum atomic E-state index is -0.669. The zero-order valence-electron chi connectivity index (χ0n) is 17.5. The summed E-state index contributed by atoms with van der Waals surface area (Å²) < 4.78 is 5.80. The molecule has 1 aliphatic rings. The van der Waals surface area contributed by atoms with E-state index >= 15 is 0 Å². The van der Waals surface area contributed by atoms with E-state index in [9.17, 15) is 9.90 Å². The first-order valence-corrected chi connectivity index (χ1v) is 10.4. The lowest BCUT2D eigenvalue weighted by molar-refractivity contribution is -0.131. The summed E-state index contributed by atoms with van der Waals surface area (Å²) >= 11 is 0. The van der Waals surface area contributed by atoms with Gasteiger partial charge in [0, 0.05) is 51.0 Å². The van der Waals surface area contributed by atoms with Crippen LogP contribution in [-0.4, -0.2) is 67.0 Å². The molecule has 1 unspecified atom stereocenters. The molecule has 0 aromatic heterocycles. The molecule has 8 nitrogen and oxygen atoms in total. The number of ether oxygens (including phenoxy) is 1. The highest BCUT2D eigenvalue weighted by molar-refractivity contribution is 5.88. The highest BCUT2D eigenvalue weighted by Gasteiger charge is 2.34. The molecule has 0 radical (unpaired) electrons. The second kappa shape index (κ2) is 10.5. The number of carbonyl (C=O) groups is 1. The molecule has 0 spiro atoms. The molecule has 1 aliphatic heterocycles. The summed E-state index contributed by atoms with van der Waals surface area (Å²) in [4.78, 5) is 14.2. The van der Waals surface area contributed by atoms with Gasteiger partial charge in [-0.25, -0.2) is 0 Å². The molecule has 1 heterocycles. The average molecular weight is 414 g/mol. The summed E-state index contributed by atoms with van der Waals surface area (Å²) in [6.07, 6.45) is 0.399. The molecule has 2 aromatic carbocycles. The number of aliphatic hydroxyl groups is 1. The molecule has 3 rings (SSSR count). The van der Waals surface area contributed by atoms with Crippen molar-refractivity contribution in [3.63, 3.8) is 0 Å². The lowest BCUT2D eigenvalue weighted by Crippen LogP contribution is -2.39. The third-order valence-electron chi connectivity index (χ3n) is 5.12. The SMILES string of the molecule is CC1(CCN(CCN)C(=O)CCNCC(O)COc2cccc3ccccc23)N=N1. The summed E-state index contributed by atoms with van der Waals surface area (Å²) in [6, 6.07) is 13.8. The summed E-state index contributed by atoms with van der Waals surface area (Å²) in [5.74, 6) is 0.793. The molecule has 1 atom stereocenters. The Morgan fingerprint density at radius 3 is 2.77 bits per heavy atom.